The van der Waals surface area contributed by atoms with Crippen LogP contribution in [0, 0.1) is 0 Å². The Labute approximate surface area is 150 Å². The molecular weight excluding hydrogens is 364 g/mol. The van der Waals surface area contributed by atoms with E-state index in [2.05, 4.69) is 4.74 Å². The van der Waals surface area contributed by atoms with Crippen molar-refractivity contribution in [2.75, 3.05) is 0 Å². The van der Waals surface area contributed by atoms with Gasteiger partial charge in [-0.2, -0.15) is 0 Å². The van der Waals surface area contributed by atoms with Gasteiger partial charge in [-0.3, -0.25) is 4.79 Å². The van der Waals surface area contributed by atoms with Crippen molar-refractivity contribution in [3.63, 3.8) is 0 Å². The van der Waals surface area contributed by atoms with Crippen LogP contribution in [0.25, 0.3) is 0 Å². The van der Waals surface area contributed by atoms with Gasteiger partial charge in [0.15, 0.2) is 0 Å². The highest BCUT2D eigenvalue weighted by Crippen LogP contribution is 2.27. The zero-order valence-corrected chi connectivity index (χ0v) is 13.2. The Hall–Kier alpha value is -4.21. The molecule has 0 bridgehead atoms. The first-order valence-corrected chi connectivity index (χ1v) is 7.05. The van der Waals surface area contributed by atoms with E-state index in [0.29, 0.717) is 0 Å². The number of ether oxygens (including phenoxy) is 2. The van der Waals surface area contributed by atoms with Crippen LogP contribution in [0.3, 0.4) is 0 Å². The zero-order chi connectivity index (χ0) is 20.1. The maximum absolute atomic E-state index is 11.6. The van der Waals surface area contributed by atoms with Gasteiger partial charge in [0.2, 0.25) is 0 Å². The number of carboxylic acid groups (broad SMARTS) is 3. The number of hydrogen-bond acceptors (Lipinski definition) is 7. The average Bonchev–Trinajstić information content (AvgIpc) is 2.61. The first-order valence-electron chi connectivity index (χ1n) is 7.05. The van der Waals surface area contributed by atoms with Gasteiger partial charge in [-0.25, -0.2) is 19.2 Å². The van der Waals surface area contributed by atoms with Crippen molar-refractivity contribution in [3.8, 4) is 11.5 Å². The summed E-state index contributed by atoms with van der Waals surface area (Å²) in [5, 5.41) is 27.3. The predicted octanol–water partition coefficient (Wildman–Crippen LogP) is 1.89. The van der Waals surface area contributed by atoms with E-state index in [9.17, 15) is 29.1 Å². The number of esters is 1. The van der Waals surface area contributed by atoms with E-state index in [1.165, 1.54) is 12.1 Å². The van der Waals surface area contributed by atoms with E-state index in [4.69, 9.17) is 14.9 Å². The minimum Gasteiger partial charge on any atom is -0.478 e. The summed E-state index contributed by atoms with van der Waals surface area (Å²) >= 11 is 0. The van der Waals surface area contributed by atoms with Crippen LogP contribution in [0.2, 0.25) is 0 Å². The van der Waals surface area contributed by atoms with Crippen molar-refractivity contribution < 1.29 is 48.8 Å². The summed E-state index contributed by atoms with van der Waals surface area (Å²) in [6.45, 7) is -0.143. The van der Waals surface area contributed by atoms with E-state index in [0.717, 1.165) is 24.3 Å². The molecule has 0 amide bonds. The molecule has 0 heterocycles. The third-order valence-electron chi connectivity index (χ3n) is 3.28. The highest BCUT2D eigenvalue weighted by atomic mass is 16.6. The van der Waals surface area contributed by atoms with Crippen LogP contribution < -0.4 is 4.74 Å². The van der Waals surface area contributed by atoms with Crippen LogP contribution in [0.15, 0.2) is 36.4 Å². The molecule has 0 aliphatic rings. The highest BCUT2D eigenvalue weighted by molar-refractivity contribution is 6.04. The third kappa shape index (κ3) is 4.25. The molecule has 138 valence electrons. The average molecular weight is 374 g/mol. The molecule has 0 atom stereocenters. The summed E-state index contributed by atoms with van der Waals surface area (Å²) < 4.78 is 9.46. The molecular formula is C17H10O10. The molecule has 10 nitrogen and oxygen atoms in total. The number of carbonyl (C=O) groups is 5. The minimum atomic E-state index is -1.49. The van der Waals surface area contributed by atoms with Gasteiger partial charge in [0, 0.05) is 0 Å². The molecule has 0 fully saturated rings. The molecule has 0 saturated carbocycles. The van der Waals surface area contributed by atoms with Crippen LogP contribution in [0.5, 0.6) is 11.5 Å². The minimum absolute atomic E-state index is 0.0723. The van der Waals surface area contributed by atoms with Gasteiger partial charge in [0.25, 0.3) is 0 Å². The lowest BCUT2D eigenvalue weighted by atomic mass is 10.1. The van der Waals surface area contributed by atoms with Gasteiger partial charge >= 0.3 is 30.3 Å². The number of hydrogen-bond donors (Lipinski definition) is 3. The monoisotopic (exact) mass is 374 g/mol. The van der Waals surface area contributed by atoms with Crippen molar-refractivity contribution in [2.45, 2.75) is 0 Å². The van der Waals surface area contributed by atoms with E-state index in [1.807, 2.05) is 0 Å². The molecule has 0 unspecified atom stereocenters. The Morgan fingerprint density at radius 3 is 1.59 bits per heavy atom. The van der Waals surface area contributed by atoms with Gasteiger partial charge in [-0.1, -0.05) is 0 Å². The Morgan fingerprint density at radius 2 is 1.15 bits per heavy atom. The number of carboxylic acids is 3. The summed E-state index contributed by atoms with van der Waals surface area (Å²) in [5.74, 6) is -5.74. The second kappa shape index (κ2) is 7.78. The molecule has 0 spiro atoms. The molecule has 27 heavy (non-hydrogen) atoms. The molecule has 0 aliphatic heterocycles. The van der Waals surface area contributed by atoms with Crippen LogP contribution in [-0.4, -0.2) is 45.7 Å². The number of rotatable bonds is 7. The smallest absolute Gasteiger partial charge is 0.346 e. The first kappa shape index (κ1) is 19.1. The van der Waals surface area contributed by atoms with Crippen molar-refractivity contribution in [2.24, 2.45) is 0 Å². The molecule has 2 aromatic carbocycles. The predicted molar refractivity (Wildman–Crippen MR) is 85.3 cm³/mol. The Bertz CT molecular complexity index is 960. The fourth-order valence-electron chi connectivity index (χ4n) is 2.14. The number of carbonyl (C=O) groups excluding carboxylic acids is 2. The molecule has 0 saturated heterocycles. The fraction of sp³-hybridized carbons (Fsp3) is 0. The first-order chi connectivity index (χ1) is 12.7. The van der Waals surface area contributed by atoms with Gasteiger partial charge in [-0.15, -0.1) is 0 Å². The summed E-state index contributed by atoms with van der Waals surface area (Å²) in [4.78, 5) is 55.3. The molecule has 2 aromatic rings. The highest BCUT2D eigenvalue weighted by Gasteiger charge is 2.20. The van der Waals surface area contributed by atoms with E-state index in [1.54, 1.807) is 0 Å². The summed E-state index contributed by atoms with van der Waals surface area (Å²) in [6, 6.07) is 6.38. The van der Waals surface area contributed by atoms with Crippen molar-refractivity contribution in [3.05, 3.63) is 58.7 Å². The lowest BCUT2D eigenvalue weighted by molar-refractivity contribution is -0.123. The Kier molecular flexibility index (Phi) is 5.51. The number of aromatic carboxylic acids is 3. The second-order valence-corrected chi connectivity index (χ2v) is 4.93. The maximum atomic E-state index is 11.6. The Balaban J connectivity index is 2.41. The zero-order valence-electron chi connectivity index (χ0n) is 13.2. The third-order valence-corrected chi connectivity index (χ3v) is 3.28. The molecule has 2 rings (SSSR count). The van der Waals surface area contributed by atoms with Crippen molar-refractivity contribution >= 4 is 30.3 Å². The SMILES string of the molecule is O=COC(=O)c1ccc(Oc2ccc(C(=O)O)c(C(=O)O)c2)cc1C(=O)O. The van der Waals surface area contributed by atoms with E-state index < -0.39 is 46.1 Å². The van der Waals surface area contributed by atoms with Crippen LogP contribution in [-0.2, 0) is 9.53 Å². The van der Waals surface area contributed by atoms with Crippen molar-refractivity contribution in [1.82, 2.24) is 0 Å². The standard InChI is InChI=1S/C17H10O10/c18-7-26-17(25)11-4-2-9(6-13(11)16(23)24)27-8-1-3-10(14(19)20)12(5-8)15(21)22/h1-7H,(H,19,20)(H,21,22)(H,23,24). The normalized spacial score (nSPS) is 9.93. The molecule has 10 heteroatoms. The van der Waals surface area contributed by atoms with Gasteiger partial charge in [0.1, 0.15) is 11.5 Å². The van der Waals surface area contributed by atoms with Gasteiger partial charge in [0.05, 0.1) is 22.3 Å². The summed E-state index contributed by atoms with van der Waals surface area (Å²) in [6.07, 6.45) is 0. The largest absolute Gasteiger partial charge is 0.478 e. The lowest BCUT2D eigenvalue weighted by Crippen LogP contribution is -2.11. The summed E-state index contributed by atoms with van der Waals surface area (Å²) in [5.41, 5.74) is -1.88. The number of benzene rings is 2. The summed E-state index contributed by atoms with van der Waals surface area (Å²) in [7, 11) is 0. The lowest BCUT2D eigenvalue weighted by Gasteiger charge is -2.10. The molecule has 0 aliphatic carbocycles. The molecule has 0 radical (unpaired) electrons. The molecule has 3 N–H and O–H groups in total. The van der Waals surface area contributed by atoms with E-state index >= 15 is 0 Å². The second-order valence-electron chi connectivity index (χ2n) is 4.93. The van der Waals surface area contributed by atoms with Crippen LogP contribution in [0.4, 0.5) is 0 Å². The topological polar surface area (TPSA) is 165 Å². The van der Waals surface area contributed by atoms with Crippen LogP contribution >= 0.6 is 0 Å². The molecule has 0 aromatic heterocycles. The van der Waals surface area contributed by atoms with Crippen LogP contribution in [0.1, 0.15) is 41.4 Å². The van der Waals surface area contributed by atoms with E-state index in [-0.39, 0.29) is 18.0 Å². The maximum Gasteiger partial charge on any atom is 0.346 e. The van der Waals surface area contributed by atoms with Gasteiger partial charge < -0.3 is 24.8 Å². The van der Waals surface area contributed by atoms with Crippen molar-refractivity contribution in [1.29, 1.82) is 0 Å². The quantitative estimate of drug-likeness (QED) is 0.370. The van der Waals surface area contributed by atoms with Gasteiger partial charge in [-0.05, 0) is 36.4 Å². The Morgan fingerprint density at radius 1 is 0.704 bits per heavy atom. The fourth-order valence-corrected chi connectivity index (χ4v) is 2.14.